The van der Waals surface area contributed by atoms with Crippen LogP contribution in [0, 0.1) is 11.8 Å². The van der Waals surface area contributed by atoms with Crippen molar-refractivity contribution in [2.45, 2.75) is 58.5 Å². The fraction of sp³-hybridized carbons (Fsp3) is 0.947. The van der Waals surface area contributed by atoms with E-state index in [9.17, 15) is 9.90 Å². The Balaban J connectivity index is 1.68. The molecule has 5 heteroatoms. The van der Waals surface area contributed by atoms with E-state index in [1.807, 2.05) is 0 Å². The van der Waals surface area contributed by atoms with Crippen LogP contribution in [0.15, 0.2) is 0 Å². The molecule has 2 heterocycles. The zero-order chi connectivity index (χ0) is 17.4. The van der Waals surface area contributed by atoms with E-state index in [0.717, 1.165) is 70.9 Å². The summed E-state index contributed by atoms with van der Waals surface area (Å²) in [5.74, 6) is 1.12. The molecule has 0 bridgehead atoms. The monoisotopic (exact) mass is 339 g/mol. The van der Waals surface area contributed by atoms with E-state index in [4.69, 9.17) is 0 Å². The van der Waals surface area contributed by atoms with E-state index in [2.05, 4.69) is 29.0 Å². The molecule has 0 aromatic rings. The third-order valence-corrected chi connectivity index (χ3v) is 5.52. The van der Waals surface area contributed by atoms with Crippen LogP contribution < -0.4 is 5.32 Å². The summed E-state index contributed by atoms with van der Waals surface area (Å²) < 4.78 is 0. The molecule has 2 aliphatic heterocycles. The maximum Gasteiger partial charge on any atom is 0.224 e. The van der Waals surface area contributed by atoms with E-state index in [-0.39, 0.29) is 17.9 Å². The Hall–Kier alpha value is -0.650. The molecule has 24 heavy (non-hydrogen) atoms. The predicted molar refractivity (Wildman–Crippen MR) is 97.9 cm³/mol. The van der Waals surface area contributed by atoms with Crippen LogP contribution >= 0.6 is 0 Å². The van der Waals surface area contributed by atoms with Crippen molar-refractivity contribution in [2.75, 3.05) is 45.8 Å². The molecule has 0 saturated carbocycles. The lowest BCUT2D eigenvalue weighted by molar-refractivity contribution is -0.126. The average molecular weight is 340 g/mol. The molecule has 2 N–H and O–H groups in total. The highest BCUT2D eigenvalue weighted by Gasteiger charge is 2.27. The number of β-amino-alcohol motifs (C(OH)–C–C–N with tert-alkyl or cyclic N) is 1. The zero-order valence-corrected chi connectivity index (χ0v) is 15.7. The number of likely N-dealkylation sites (tertiary alicyclic amines) is 2. The fourth-order valence-corrected chi connectivity index (χ4v) is 3.87. The van der Waals surface area contributed by atoms with Gasteiger partial charge in [-0.05, 0) is 57.7 Å². The number of nitrogens with zero attached hydrogens (tertiary/aromatic N) is 2. The molecular weight excluding hydrogens is 302 g/mol. The SMILES string of the molecule is CCCCNC(=O)C1CCCN(CC(O)CN2CCC(C)CC2)C1. The molecule has 2 rings (SSSR count). The van der Waals surface area contributed by atoms with Crippen molar-refractivity contribution in [3.05, 3.63) is 0 Å². The molecule has 2 unspecified atom stereocenters. The minimum Gasteiger partial charge on any atom is -0.390 e. The molecular formula is C19H37N3O2. The third kappa shape index (κ3) is 6.69. The van der Waals surface area contributed by atoms with Crippen molar-refractivity contribution in [2.24, 2.45) is 11.8 Å². The number of aliphatic hydroxyl groups excluding tert-OH is 1. The van der Waals surface area contributed by atoms with Crippen molar-refractivity contribution in [3.63, 3.8) is 0 Å². The Labute approximate surface area is 147 Å². The van der Waals surface area contributed by atoms with Gasteiger partial charge in [0.2, 0.25) is 5.91 Å². The summed E-state index contributed by atoms with van der Waals surface area (Å²) in [7, 11) is 0. The molecule has 2 atom stereocenters. The number of aliphatic hydroxyl groups is 1. The first-order valence-corrected chi connectivity index (χ1v) is 9.99. The smallest absolute Gasteiger partial charge is 0.224 e. The third-order valence-electron chi connectivity index (χ3n) is 5.52. The average Bonchev–Trinajstić information content (AvgIpc) is 2.57. The summed E-state index contributed by atoms with van der Waals surface area (Å²) in [6.07, 6.45) is 6.38. The van der Waals surface area contributed by atoms with Crippen molar-refractivity contribution in [1.29, 1.82) is 0 Å². The van der Waals surface area contributed by atoms with Crippen LogP contribution in [0.2, 0.25) is 0 Å². The van der Waals surface area contributed by atoms with Crippen LogP contribution in [0.5, 0.6) is 0 Å². The number of hydrogen-bond donors (Lipinski definition) is 2. The molecule has 0 spiro atoms. The van der Waals surface area contributed by atoms with E-state index in [0.29, 0.717) is 6.54 Å². The molecule has 0 aliphatic carbocycles. The Morgan fingerprint density at radius 3 is 2.58 bits per heavy atom. The predicted octanol–water partition coefficient (Wildman–Crippen LogP) is 1.71. The van der Waals surface area contributed by atoms with Gasteiger partial charge in [-0.15, -0.1) is 0 Å². The van der Waals surface area contributed by atoms with Gasteiger partial charge in [0.1, 0.15) is 0 Å². The number of piperidine rings is 2. The minimum absolute atomic E-state index is 0.0960. The zero-order valence-electron chi connectivity index (χ0n) is 15.7. The van der Waals surface area contributed by atoms with Crippen LogP contribution in [0.1, 0.15) is 52.4 Å². The van der Waals surface area contributed by atoms with Crippen molar-refractivity contribution < 1.29 is 9.90 Å². The van der Waals surface area contributed by atoms with Gasteiger partial charge < -0.3 is 15.3 Å². The largest absolute Gasteiger partial charge is 0.390 e. The van der Waals surface area contributed by atoms with Crippen molar-refractivity contribution >= 4 is 5.91 Å². The normalized spacial score (nSPS) is 25.5. The lowest BCUT2D eigenvalue weighted by Crippen LogP contribution is -2.48. The molecule has 2 saturated heterocycles. The summed E-state index contributed by atoms with van der Waals surface area (Å²) in [4.78, 5) is 16.9. The van der Waals surface area contributed by atoms with E-state index in [1.165, 1.54) is 12.8 Å². The lowest BCUT2D eigenvalue weighted by atomic mass is 9.96. The highest BCUT2D eigenvalue weighted by Crippen LogP contribution is 2.18. The van der Waals surface area contributed by atoms with Crippen molar-refractivity contribution in [1.82, 2.24) is 15.1 Å². The fourth-order valence-electron chi connectivity index (χ4n) is 3.87. The second-order valence-corrected chi connectivity index (χ2v) is 7.88. The number of amides is 1. The van der Waals surface area contributed by atoms with E-state index >= 15 is 0 Å². The second-order valence-electron chi connectivity index (χ2n) is 7.88. The minimum atomic E-state index is -0.305. The summed E-state index contributed by atoms with van der Waals surface area (Å²) in [5, 5.41) is 13.5. The molecule has 0 aromatic heterocycles. The van der Waals surface area contributed by atoms with Crippen LogP contribution in [-0.2, 0) is 4.79 Å². The number of unbranched alkanes of at least 4 members (excludes halogenated alkanes) is 1. The first-order valence-electron chi connectivity index (χ1n) is 9.99. The van der Waals surface area contributed by atoms with Gasteiger partial charge in [0.25, 0.3) is 0 Å². The van der Waals surface area contributed by atoms with Gasteiger partial charge in [-0.1, -0.05) is 20.3 Å². The van der Waals surface area contributed by atoms with E-state index < -0.39 is 0 Å². The molecule has 1 amide bonds. The maximum absolute atomic E-state index is 12.2. The Bertz CT molecular complexity index is 370. The second kappa shape index (κ2) is 10.4. The van der Waals surface area contributed by atoms with Gasteiger partial charge in [-0.2, -0.15) is 0 Å². The van der Waals surface area contributed by atoms with Crippen LogP contribution in [0.3, 0.4) is 0 Å². The standard InChI is InChI=1S/C19H37N3O2/c1-3-4-9-20-19(24)17-6-5-10-22(13-17)15-18(23)14-21-11-7-16(2)8-12-21/h16-18,23H,3-15H2,1-2H3,(H,20,24). The Morgan fingerprint density at radius 2 is 1.88 bits per heavy atom. The Kier molecular flexibility index (Phi) is 8.50. The molecule has 0 radical (unpaired) electrons. The van der Waals surface area contributed by atoms with Gasteiger partial charge in [-0.3, -0.25) is 9.69 Å². The van der Waals surface area contributed by atoms with Gasteiger partial charge in [0.15, 0.2) is 0 Å². The molecule has 5 nitrogen and oxygen atoms in total. The number of nitrogens with one attached hydrogen (secondary N) is 1. The highest BCUT2D eigenvalue weighted by molar-refractivity contribution is 5.78. The topological polar surface area (TPSA) is 55.8 Å². The lowest BCUT2D eigenvalue weighted by Gasteiger charge is -2.36. The summed E-state index contributed by atoms with van der Waals surface area (Å²) in [5.41, 5.74) is 0. The highest BCUT2D eigenvalue weighted by atomic mass is 16.3. The molecule has 0 aromatic carbocycles. The van der Waals surface area contributed by atoms with E-state index in [1.54, 1.807) is 0 Å². The number of hydrogen-bond acceptors (Lipinski definition) is 4. The number of rotatable bonds is 8. The summed E-state index contributed by atoms with van der Waals surface area (Å²) >= 11 is 0. The number of carbonyl (C=O) groups excluding carboxylic acids is 1. The Morgan fingerprint density at radius 1 is 1.17 bits per heavy atom. The van der Waals surface area contributed by atoms with Crippen molar-refractivity contribution in [3.8, 4) is 0 Å². The van der Waals surface area contributed by atoms with Gasteiger partial charge in [0, 0.05) is 26.2 Å². The summed E-state index contributed by atoms with van der Waals surface area (Å²) in [6, 6.07) is 0. The van der Waals surface area contributed by atoms with Gasteiger partial charge in [0.05, 0.1) is 12.0 Å². The number of carbonyl (C=O) groups is 1. The van der Waals surface area contributed by atoms with Gasteiger partial charge in [-0.25, -0.2) is 0 Å². The van der Waals surface area contributed by atoms with Gasteiger partial charge >= 0.3 is 0 Å². The first-order chi connectivity index (χ1) is 11.6. The molecule has 140 valence electrons. The maximum atomic E-state index is 12.2. The van der Waals surface area contributed by atoms with Crippen LogP contribution in [0.4, 0.5) is 0 Å². The van der Waals surface area contributed by atoms with Crippen LogP contribution in [0.25, 0.3) is 0 Å². The first kappa shape index (κ1) is 19.7. The molecule has 2 aliphatic rings. The summed E-state index contributed by atoms with van der Waals surface area (Å²) in [6.45, 7) is 10.7. The van der Waals surface area contributed by atoms with Crippen LogP contribution in [-0.4, -0.2) is 72.7 Å². The quantitative estimate of drug-likeness (QED) is 0.661. The molecule has 2 fully saturated rings.